The summed E-state index contributed by atoms with van der Waals surface area (Å²) in [5.41, 5.74) is 1.52. The molecule has 0 aliphatic carbocycles. The van der Waals surface area contributed by atoms with Crippen LogP contribution < -0.4 is 5.32 Å². The van der Waals surface area contributed by atoms with Crippen LogP contribution in [0.15, 0.2) is 56.7 Å². The summed E-state index contributed by atoms with van der Waals surface area (Å²) in [7, 11) is 0. The lowest BCUT2D eigenvalue weighted by atomic mass is 10.3. The molecule has 0 fully saturated rings. The zero-order chi connectivity index (χ0) is 14.7. The third kappa shape index (κ3) is 3.28. The van der Waals surface area contributed by atoms with Gasteiger partial charge in [-0.3, -0.25) is 4.79 Å². The van der Waals surface area contributed by atoms with Crippen LogP contribution in [0.4, 0.5) is 0 Å². The number of thioether (sulfide) groups is 1. The van der Waals surface area contributed by atoms with E-state index in [1.807, 2.05) is 37.3 Å². The van der Waals surface area contributed by atoms with Crippen LogP contribution in [0, 0.1) is 0 Å². The Morgan fingerprint density at radius 3 is 2.95 bits per heavy atom. The van der Waals surface area contributed by atoms with Crippen molar-refractivity contribution in [3.05, 3.63) is 48.4 Å². The van der Waals surface area contributed by atoms with Gasteiger partial charge in [-0.2, -0.15) is 0 Å². The van der Waals surface area contributed by atoms with Crippen molar-refractivity contribution in [2.24, 2.45) is 0 Å². The number of furan rings is 1. The summed E-state index contributed by atoms with van der Waals surface area (Å²) in [5, 5.41) is 3.01. The number of carbonyl (C=O) groups is 1. The van der Waals surface area contributed by atoms with E-state index < -0.39 is 0 Å². The molecule has 2 heterocycles. The third-order valence-electron chi connectivity index (χ3n) is 2.94. The van der Waals surface area contributed by atoms with E-state index in [1.54, 1.807) is 12.3 Å². The zero-order valence-corrected chi connectivity index (χ0v) is 12.2. The summed E-state index contributed by atoms with van der Waals surface area (Å²) in [6.07, 6.45) is 1.58. The fourth-order valence-corrected chi connectivity index (χ4v) is 2.62. The molecule has 3 aromatic rings. The van der Waals surface area contributed by atoms with Crippen molar-refractivity contribution in [3.8, 4) is 0 Å². The van der Waals surface area contributed by atoms with Crippen molar-refractivity contribution in [2.75, 3.05) is 0 Å². The monoisotopic (exact) mass is 302 g/mol. The van der Waals surface area contributed by atoms with Gasteiger partial charge in [0.25, 0.3) is 5.22 Å². The Morgan fingerprint density at radius 2 is 2.19 bits per heavy atom. The minimum Gasteiger partial charge on any atom is -0.467 e. The number of amides is 1. The van der Waals surface area contributed by atoms with E-state index in [1.165, 1.54) is 11.8 Å². The molecule has 0 bridgehead atoms. The van der Waals surface area contributed by atoms with Crippen LogP contribution in [-0.2, 0) is 11.3 Å². The molecule has 0 radical (unpaired) electrons. The van der Waals surface area contributed by atoms with E-state index in [0.717, 1.165) is 16.9 Å². The highest BCUT2D eigenvalue weighted by Crippen LogP contribution is 2.26. The van der Waals surface area contributed by atoms with E-state index >= 15 is 0 Å². The van der Waals surface area contributed by atoms with E-state index in [4.69, 9.17) is 8.83 Å². The van der Waals surface area contributed by atoms with Crippen LogP contribution in [0.3, 0.4) is 0 Å². The summed E-state index contributed by atoms with van der Waals surface area (Å²) < 4.78 is 10.8. The molecule has 0 unspecified atom stereocenters. The SMILES string of the molecule is C[C@@H](Sc1nc2ccccc2o1)C(=O)NCc1ccco1. The average molecular weight is 302 g/mol. The predicted molar refractivity (Wildman–Crippen MR) is 79.9 cm³/mol. The first-order valence-corrected chi connectivity index (χ1v) is 7.42. The van der Waals surface area contributed by atoms with E-state index in [-0.39, 0.29) is 11.2 Å². The van der Waals surface area contributed by atoms with Crippen molar-refractivity contribution in [2.45, 2.75) is 23.9 Å². The summed E-state index contributed by atoms with van der Waals surface area (Å²) in [4.78, 5) is 16.4. The zero-order valence-electron chi connectivity index (χ0n) is 11.4. The molecule has 5 nitrogen and oxygen atoms in total. The fraction of sp³-hybridized carbons (Fsp3) is 0.200. The number of nitrogens with one attached hydrogen (secondary N) is 1. The Balaban J connectivity index is 1.59. The molecular formula is C15H14N2O3S. The van der Waals surface area contributed by atoms with Gasteiger partial charge in [0.15, 0.2) is 5.58 Å². The number of rotatable bonds is 5. The van der Waals surface area contributed by atoms with Gasteiger partial charge in [0.1, 0.15) is 11.3 Å². The molecule has 1 aromatic carbocycles. The number of aromatic nitrogens is 1. The van der Waals surface area contributed by atoms with Gasteiger partial charge in [0.2, 0.25) is 5.91 Å². The van der Waals surface area contributed by atoms with Crippen LogP contribution in [-0.4, -0.2) is 16.1 Å². The van der Waals surface area contributed by atoms with Crippen LogP contribution in [0.25, 0.3) is 11.1 Å². The molecule has 0 saturated carbocycles. The molecule has 0 aliphatic heterocycles. The first-order chi connectivity index (χ1) is 10.2. The largest absolute Gasteiger partial charge is 0.467 e. The van der Waals surface area contributed by atoms with E-state index in [0.29, 0.717) is 11.8 Å². The van der Waals surface area contributed by atoms with Crippen molar-refractivity contribution in [3.63, 3.8) is 0 Å². The summed E-state index contributed by atoms with van der Waals surface area (Å²) in [5.74, 6) is 0.640. The maximum atomic E-state index is 12.0. The van der Waals surface area contributed by atoms with Gasteiger partial charge < -0.3 is 14.2 Å². The molecular weight excluding hydrogens is 288 g/mol. The normalized spacial score (nSPS) is 12.4. The Kier molecular flexibility index (Phi) is 3.96. The Labute approximate surface area is 125 Å². The predicted octanol–water partition coefficient (Wildman–Crippen LogP) is 3.22. The minimum absolute atomic E-state index is 0.0846. The van der Waals surface area contributed by atoms with Crippen molar-refractivity contribution in [1.82, 2.24) is 10.3 Å². The number of para-hydroxylation sites is 2. The fourth-order valence-electron chi connectivity index (χ4n) is 1.84. The maximum absolute atomic E-state index is 12.0. The standard InChI is InChI=1S/C15H14N2O3S/c1-10(14(18)16-9-11-5-4-8-19-11)21-15-17-12-6-2-3-7-13(12)20-15/h2-8,10H,9H2,1H3,(H,16,18)/t10-/m1/s1. The molecule has 1 N–H and O–H groups in total. The molecule has 1 amide bonds. The van der Waals surface area contributed by atoms with Gasteiger partial charge in [-0.25, -0.2) is 4.98 Å². The van der Waals surface area contributed by atoms with Gasteiger partial charge in [0, 0.05) is 0 Å². The van der Waals surface area contributed by atoms with Crippen LogP contribution in [0.2, 0.25) is 0 Å². The third-order valence-corrected chi connectivity index (χ3v) is 3.88. The van der Waals surface area contributed by atoms with Crippen LogP contribution in [0.1, 0.15) is 12.7 Å². The topological polar surface area (TPSA) is 68.3 Å². The van der Waals surface area contributed by atoms with Crippen LogP contribution >= 0.6 is 11.8 Å². The molecule has 1 atom stereocenters. The molecule has 0 spiro atoms. The lowest BCUT2D eigenvalue weighted by Gasteiger charge is -2.08. The second-order valence-corrected chi connectivity index (χ2v) is 5.80. The maximum Gasteiger partial charge on any atom is 0.257 e. The summed E-state index contributed by atoms with van der Waals surface area (Å²) in [6.45, 7) is 2.20. The van der Waals surface area contributed by atoms with Crippen LogP contribution in [0.5, 0.6) is 0 Å². The lowest BCUT2D eigenvalue weighted by molar-refractivity contribution is -0.120. The van der Waals surface area contributed by atoms with E-state index in [9.17, 15) is 4.79 Å². The van der Waals surface area contributed by atoms with Crippen molar-refractivity contribution in [1.29, 1.82) is 0 Å². The van der Waals surface area contributed by atoms with Crippen molar-refractivity contribution >= 4 is 28.8 Å². The smallest absolute Gasteiger partial charge is 0.257 e. The lowest BCUT2D eigenvalue weighted by Crippen LogP contribution is -2.30. The highest BCUT2D eigenvalue weighted by atomic mass is 32.2. The number of nitrogens with zero attached hydrogens (tertiary/aromatic N) is 1. The number of benzene rings is 1. The summed E-state index contributed by atoms with van der Waals surface area (Å²) in [6, 6.07) is 11.1. The second-order valence-electron chi connectivity index (χ2n) is 4.50. The van der Waals surface area contributed by atoms with Gasteiger partial charge in [-0.15, -0.1) is 0 Å². The van der Waals surface area contributed by atoms with Gasteiger partial charge in [0.05, 0.1) is 18.1 Å². The molecule has 108 valence electrons. The number of carbonyl (C=O) groups excluding carboxylic acids is 1. The quantitative estimate of drug-likeness (QED) is 0.733. The molecule has 2 aromatic heterocycles. The highest BCUT2D eigenvalue weighted by molar-refractivity contribution is 8.00. The van der Waals surface area contributed by atoms with Gasteiger partial charge in [-0.05, 0) is 31.2 Å². The molecule has 3 rings (SSSR count). The van der Waals surface area contributed by atoms with Gasteiger partial charge in [-0.1, -0.05) is 23.9 Å². The average Bonchev–Trinajstić information content (AvgIpc) is 3.13. The highest BCUT2D eigenvalue weighted by Gasteiger charge is 2.17. The van der Waals surface area contributed by atoms with Gasteiger partial charge >= 0.3 is 0 Å². The van der Waals surface area contributed by atoms with E-state index in [2.05, 4.69) is 10.3 Å². The number of hydrogen-bond donors (Lipinski definition) is 1. The molecule has 0 saturated heterocycles. The number of hydrogen-bond acceptors (Lipinski definition) is 5. The minimum atomic E-state index is -0.298. The summed E-state index contributed by atoms with van der Waals surface area (Å²) >= 11 is 1.29. The molecule has 0 aliphatic rings. The Hall–Kier alpha value is -2.21. The first-order valence-electron chi connectivity index (χ1n) is 6.55. The van der Waals surface area contributed by atoms with Crippen molar-refractivity contribution < 1.29 is 13.6 Å². The first kappa shape index (κ1) is 13.8. The Morgan fingerprint density at radius 1 is 1.33 bits per heavy atom. The number of oxazole rings is 1. The molecule has 6 heteroatoms. The second kappa shape index (κ2) is 6.05. The Bertz CT molecular complexity index is 703. The number of fused-ring (bicyclic) bond motifs is 1. The molecule has 21 heavy (non-hydrogen) atoms.